The molecule has 2 aromatic rings. The zero-order valence-electron chi connectivity index (χ0n) is 13.7. The van der Waals surface area contributed by atoms with E-state index in [4.69, 9.17) is 11.6 Å². The van der Waals surface area contributed by atoms with E-state index in [1.807, 2.05) is 0 Å². The van der Waals surface area contributed by atoms with Gasteiger partial charge in [0.25, 0.3) is 0 Å². The quantitative estimate of drug-likeness (QED) is 0.896. The maximum absolute atomic E-state index is 12.7. The maximum Gasteiger partial charge on any atom is 0.243 e. The molecule has 0 unspecified atom stereocenters. The standard InChI is InChI=1S/C18H21ClN2O2S/c1-15-3-2-4-16(13-15)14-20-9-11-21(12-10-20)24(22,23)18-7-5-17(19)6-8-18/h2-8,13H,9-12,14H2,1H3/p+1. The molecule has 128 valence electrons. The van der Waals surface area contributed by atoms with Gasteiger partial charge in [0.1, 0.15) is 6.54 Å². The van der Waals surface area contributed by atoms with Gasteiger partial charge in [-0.05, 0) is 31.2 Å². The van der Waals surface area contributed by atoms with Gasteiger partial charge in [-0.1, -0.05) is 41.4 Å². The van der Waals surface area contributed by atoms with Gasteiger partial charge in [0.05, 0.1) is 31.1 Å². The molecule has 0 amide bonds. The zero-order chi connectivity index (χ0) is 17.2. The van der Waals surface area contributed by atoms with Gasteiger partial charge >= 0.3 is 0 Å². The summed E-state index contributed by atoms with van der Waals surface area (Å²) in [6, 6.07) is 14.9. The largest absolute Gasteiger partial charge is 0.329 e. The number of nitrogens with one attached hydrogen (secondary N) is 1. The van der Waals surface area contributed by atoms with E-state index < -0.39 is 10.0 Å². The molecule has 1 N–H and O–H groups in total. The molecule has 0 radical (unpaired) electrons. The molecular formula is C18H22ClN2O2S+. The van der Waals surface area contributed by atoms with E-state index in [1.54, 1.807) is 28.6 Å². The number of hydrogen-bond acceptors (Lipinski definition) is 2. The van der Waals surface area contributed by atoms with Gasteiger partial charge in [-0.15, -0.1) is 0 Å². The normalized spacial score (nSPS) is 17.1. The Balaban J connectivity index is 1.63. The lowest BCUT2D eigenvalue weighted by Gasteiger charge is -2.31. The first-order valence-electron chi connectivity index (χ1n) is 8.10. The second-order valence-electron chi connectivity index (χ2n) is 6.27. The lowest BCUT2D eigenvalue weighted by Crippen LogP contribution is -3.13. The summed E-state index contributed by atoms with van der Waals surface area (Å²) >= 11 is 5.84. The minimum absolute atomic E-state index is 0.314. The minimum Gasteiger partial charge on any atom is -0.329 e. The van der Waals surface area contributed by atoms with Crippen molar-refractivity contribution in [3.63, 3.8) is 0 Å². The third-order valence-electron chi connectivity index (χ3n) is 4.42. The first kappa shape index (κ1) is 17.4. The molecule has 0 saturated carbocycles. The Morgan fingerprint density at radius 1 is 1.08 bits per heavy atom. The average Bonchev–Trinajstić information content (AvgIpc) is 2.56. The summed E-state index contributed by atoms with van der Waals surface area (Å²) in [7, 11) is -3.42. The van der Waals surface area contributed by atoms with Crippen molar-refractivity contribution in [3.8, 4) is 0 Å². The first-order valence-corrected chi connectivity index (χ1v) is 9.92. The Hall–Kier alpha value is -1.40. The number of benzene rings is 2. The van der Waals surface area contributed by atoms with Crippen molar-refractivity contribution in [1.29, 1.82) is 0 Å². The molecule has 1 aliphatic heterocycles. The van der Waals surface area contributed by atoms with Crippen molar-refractivity contribution >= 4 is 21.6 Å². The Morgan fingerprint density at radius 3 is 2.38 bits per heavy atom. The van der Waals surface area contributed by atoms with Crippen LogP contribution in [0.3, 0.4) is 0 Å². The predicted molar refractivity (Wildman–Crippen MR) is 95.8 cm³/mol. The lowest BCUT2D eigenvalue weighted by molar-refractivity contribution is -0.917. The van der Waals surface area contributed by atoms with E-state index in [2.05, 4.69) is 31.2 Å². The van der Waals surface area contributed by atoms with E-state index in [0.29, 0.717) is 23.0 Å². The summed E-state index contributed by atoms with van der Waals surface area (Å²) in [5.41, 5.74) is 2.56. The van der Waals surface area contributed by atoms with E-state index in [-0.39, 0.29) is 0 Å². The predicted octanol–water partition coefficient (Wildman–Crippen LogP) is 1.74. The molecule has 1 fully saturated rings. The minimum atomic E-state index is -3.42. The zero-order valence-corrected chi connectivity index (χ0v) is 15.3. The van der Waals surface area contributed by atoms with E-state index in [0.717, 1.165) is 19.6 Å². The Morgan fingerprint density at radius 2 is 1.75 bits per heavy atom. The summed E-state index contributed by atoms with van der Waals surface area (Å²) in [4.78, 5) is 1.73. The number of hydrogen-bond donors (Lipinski definition) is 1. The van der Waals surface area contributed by atoms with Crippen molar-refractivity contribution in [2.24, 2.45) is 0 Å². The summed E-state index contributed by atoms with van der Waals surface area (Å²) in [5.74, 6) is 0. The van der Waals surface area contributed by atoms with E-state index in [1.165, 1.54) is 16.0 Å². The van der Waals surface area contributed by atoms with Crippen LogP contribution in [0.4, 0.5) is 0 Å². The second-order valence-corrected chi connectivity index (χ2v) is 8.65. The van der Waals surface area contributed by atoms with Crippen LogP contribution in [0.5, 0.6) is 0 Å². The van der Waals surface area contributed by atoms with Crippen molar-refractivity contribution < 1.29 is 13.3 Å². The average molecular weight is 366 g/mol. The number of rotatable bonds is 4. The molecule has 3 rings (SSSR count). The summed E-state index contributed by atoms with van der Waals surface area (Å²) in [5, 5.41) is 0.543. The van der Waals surface area contributed by atoms with Crippen molar-refractivity contribution in [1.82, 2.24) is 4.31 Å². The highest BCUT2D eigenvalue weighted by atomic mass is 35.5. The van der Waals surface area contributed by atoms with E-state index >= 15 is 0 Å². The Bertz CT molecular complexity index is 798. The molecule has 0 aliphatic carbocycles. The fourth-order valence-corrected chi connectivity index (χ4v) is 4.65. The highest BCUT2D eigenvalue weighted by molar-refractivity contribution is 7.89. The maximum atomic E-state index is 12.7. The monoisotopic (exact) mass is 365 g/mol. The molecule has 4 nitrogen and oxygen atoms in total. The third-order valence-corrected chi connectivity index (χ3v) is 6.58. The van der Waals surface area contributed by atoms with Gasteiger partial charge in [0, 0.05) is 10.6 Å². The number of halogens is 1. The van der Waals surface area contributed by atoms with Gasteiger partial charge in [-0.2, -0.15) is 4.31 Å². The lowest BCUT2D eigenvalue weighted by atomic mass is 10.1. The Labute approximate surface area is 148 Å². The Kier molecular flexibility index (Phi) is 5.25. The fourth-order valence-electron chi connectivity index (χ4n) is 3.09. The SMILES string of the molecule is Cc1cccc(C[NH+]2CCN(S(=O)(=O)c3ccc(Cl)cc3)CC2)c1. The van der Waals surface area contributed by atoms with Crippen molar-refractivity contribution in [2.75, 3.05) is 26.2 Å². The third kappa shape index (κ3) is 3.98. The number of sulfonamides is 1. The first-order chi connectivity index (χ1) is 11.4. The van der Waals surface area contributed by atoms with Crippen LogP contribution in [0.2, 0.25) is 5.02 Å². The molecule has 1 aliphatic rings. The molecule has 1 heterocycles. The fraction of sp³-hybridized carbons (Fsp3) is 0.333. The van der Waals surface area contributed by atoms with Crippen LogP contribution in [-0.2, 0) is 16.6 Å². The number of aryl methyl sites for hydroxylation is 1. The van der Waals surface area contributed by atoms with E-state index in [9.17, 15) is 8.42 Å². The van der Waals surface area contributed by atoms with Crippen LogP contribution in [0.15, 0.2) is 53.4 Å². The van der Waals surface area contributed by atoms with Crippen molar-refractivity contribution in [2.45, 2.75) is 18.4 Å². The van der Waals surface area contributed by atoms with Gasteiger partial charge < -0.3 is 4.90 Å². The molecule has 24 heavy (non-hydrogen) atoms. The van der Waals surface area contributed by atoms with Crippen LogP contribution in [0.1, 0.15) is 11.1 Å². The van der Waals surface area contributed by atoms with Gasteiger partial charge in [0.2, 0.25) is 10.0 Å². The van der Waals surface area contributed by atoms with Crippen LogP contribution in [-0.4, -0.2) is 38.9 Å². The molecule has 2 aromatic carbocycles. The smallest absolute Gasteiger partial charge is 0.243 e. The molecule has 0 aromatic heterocycles. The second kappa shape index (κ2) is 7.23. The van der Waals surface area contributed by atoms with Crippen LogP contribution < -0.4 is 4.90 Å². The molecule has 0 spiro atoms. The highest BCUT2D eigenvalue weighted by Crippen LogP contribution is 2.18. The molecule has 0 bridgehead atoms. The highest BCUT2D eigenvalue weighted by Gasteiger charge is 2.30. The van der Waals surface area contributed by atoms with Gasteiger partial charge in [0.15, 0.2) is 0 Å². The number of quaternary nitrogens is 1. The molecule has 1 saturated heterocycles. The molecule has 0 atom stereocenters. The van der Waals surface area contributed by atoms with Gasteiger partial charge in [-0.25, -0.2) is 8.42 Å². The number of piperazine rings is 1. The summed E-state index contributed by atoms with van der Waals surface area (Å²) in [6.45, 7) is 5.77. The topological polar surface area (TPSA) is 41.8 Å². The van der Waals surface area contributed by atoms with Crippen molar-refractivity contribution in [3.05, 3.63) is 64.7 Å². The summed E-state index contributed by atoms with van der Waals surface area (Å²) in [6.07, 6.45) is 0. The molecular weight excluding hydrogens is 344 g/mol. The van der Waals surface area contributed by atoms with Crippen LogP contribution >= 0.6 is 11.6 Å². The molecule has 6 heteroatoms. The van der Waals surface area contributed by atoms with Crippen LogP contribution in [0, 0.1) is 6.92 Å². The summed E-state index contributed by atoms with van der Waals surface area (Å²) < 4.78 is 26.9. The van der Waals surface area contributed by atoms with Gasteiger partial charge in [-0.3, -0.25) is 0 Å². The number of nitrogens with zero attached hydrogens (tertiary/aromatic N) is 1. The van der Waals surface area contributed by atoms with Crippen LogP contribution in [0.25, 0.3) is 0 Å².